The molecule has 0 aliphatic heterocycles. The van der Waals surface area contributed by atoms with Gasteiger partial charge < -0.3 is 0 Å². The van der Waals surface area contributed by atoms with Gasteiger partial charge in [-0.2, -0.15) is 0 Å². The summed E-state index contributed by atoms with van der Waals surface area (Å²) in [7, 11) is 0. The Morgan fingerprint density at radius 1 is 1.38 bits per heavy atom. The maximum Gasteiger partial charge on any atom is 0.247 e. The van der Waals surface area contributed by atoms with E-state index < -0.39 is 0 Å². The third kappa shape index (κ3) is 3.85. The molecule has 1 rings (SSSR count). The summed E-state index contributed by atoms with van der Waals surface area (Å²) in [6.45, 7) is 5.95. The molecule has 86 valence electrons. The first-order valence-corrected chi connectivity index (χ1v) is 5.40. The summed E-state index contributed by atoms with van der Waals surface area (Å²) >= 11 is 0. The largest absolute Gasteiger partial charge is 0.259 e. The van der Waals surface area contributed by atoms with Gasteiger partial charge in [0.2, 0.25) is 5.70 Å². The van der Waals surface area contributed by atoms with Gasteiger partial charge in [0.05, 0.1) is 4.92 Å². The highest BCUT2D eigenvalue weighted by molar-refractivity contribution is 5.51. The number of hydrogen-bond donors (Lipinski definition) is 0. The molecule has 3 nitrogen and oxygen atoms in total. The highest BCUT2D eigenvalue weighted by Gasteiger charge is 2.12. The average Bonchev–Trinajstić information content (AvgIpc) is 2.19. The second kappa shape index (κ2) is 5.45. The Labute approximate surface area is 95.9 Å². The molecule has 0 amide bonds. The molecule has 0 aliphatic rings. The molecule has 0 saturated carbocycles. The minimum Gasteiger partial charge on any atom is -0.259 e. The Hall–Kier alpha value is -1.64. The lowest BCUT2D eigenvalue weighted by molar-refractivity contribution is -0.427. The smallest absolute Gasteiger partial charge is 0.247 e. The van der Waals surface area contributed by atoms with E-state index in [4.69, 9.17) is 0 Å². The fourth-order valence-electron chi connectivity index (χ4n) is 1.46. The van der Waals surface area contributed by atoms with Crippen LogP contribution in [0.1, 0.15) is 31.4 Å². The van der Waals surface area contributed by atoms with E-state index in [1.165, 1.54) is 0 Å². The zero-order valence-corrected chi connectivity index (χ0v) is 9.93. The van der Waals surface area contributed by atoms with Crippen molar-refractivity contribution in [1.82, 2.24) is 0 Å². The first-order chi connectivity index (χ1) is 7.49. The Bertz CT molecular complexity index is 391. The van der Waals surface area contributed by atoms with Gasteiger partial charge in [-0.25, -0.2) is 0 Å². The predicted octanol–water partition coefficient (Wildman–Crippen LogP) is 3.66. The lowest BCUT2D eigenvalue weighted by Gasteiger charge is -2.02. The third-order valence-electron chi connectivity index (χ3n) is 2.26. The molecule has 0 bridgehead atoms. The molecule has 0 atom stereocenters. The number of nitro groups is 1. The van der Waals surface area contributed by atoms with Gasteiger partial charge in [-0.1, -0.05) is 43.7 Å². The molecular weight excluding hydrogens is 202 g/mol. The second-order valence-corrected chi connectivity index (χ2v) is 4.40. The van der Waals surface area contributed by atoms with Crippen molar-refractivity contribution in [2.45, 2.75) is 27.2 Å². The van der Waals surface area contributed by atoms with Gasteiger partial charge in [0.1, 0.15) is 0 Å². The van der Waals surface area contributed by atoms with Crippen molar-refractivity contribution in [2.75, 3.05) is 0 Å². The summed E-state index contributed by atoms with van der Waals surface area (Å²) in [4.78, 5) is 10.6. The molecule has 0 radical (unpaired) electrons. The molecule has 0 unspecified atom stereocenters. The highest BCUT2D eigenvalue weighted by atomic mass is 16.6. The van der Waals surface area contributed by atoms with E-state index in [0.717, 1.165) is 11.1 Å². The number of benzene rings is 1. The molecule has 0 N–H and O–H groups in total. The van der Waals surface area contributed by atoms with Crippen LogP contribution < -0.4 is 0 Å². The number of nitrogens with zero attached hydrogens (tertiary/aromatic N) is 1. The number of rotatable bonds is 4. The topological polar surface area (TPSA) is 43.1 Å². The Morgan fingerprint density at radius 3 is 2.38 bits per heavy atom. The maximum absolute atomic E-state index is 10.8. The summed E-state index contributed by atoms with van der Waals surface area (Å²) < 4.78 is 0. The standard InChI is InChI=1S/C13H17NO2/c1-10(2)8-13(14(15)16)9-12-6-4-11(3)5-7-12/h4-7,9-10H,8H2,1-3H3. The van der Waals surface area contributed by atoms with E-state index in [1.807, 2.05) is 45.0 Å². The number of allylic oxidation sites excluding steroid dienone is 1. The second-order valence-electron chi connectivity index (χ2n) is 4.40. The number of hydrogen-bond acceptors (Lipinski definition) is 2. The zero-order valence-electron chi connectivity index (χ0n) is 9.93. The minimum atomic E-state index is -0.292. The fraction of sp³-hybridized carbons (Fsp3) is 0.385. The fourth-order valence-corrected chi connectivity index (χ4v) is 1.46. The van der Waals surface area contributed by atoms with Gasteiger partial charge in [-0.3, -0.25) is 10.1 Å². The van der Waals surface area contributed by atoms with E-state index in [0.29, 0.717) is 12.3 Å². The molecule has 0 aliphatic carbocycles. The maximum atomic E-state index is 10.8. The van der Waals surface area contributed by atoms with Crippen LogP contribution in [0, 0.1) is 23.0 Å². The minimum absolute atomic E-state index is 0.277. The van der Waals surface area contributed by atoms with Crippen molar-refractivity contribution >= 4 is 6.08 Å². The molecule has 1 aromatic rings. The van der Waals surface area contributed by atoms with Crippen LogP contribution in [0.3, 0.4) is 0 Å². The molecule has 0 heterocycles. The van der Waals surface area contributed by atoms with E-state index in [9.17, 15) is 10.1 Å². The van der Waals surface area contributed by atoms with E-state index in [1.54, 1.807) is 6.08 Å². The van der Waals surface area contributed by atoms with E-state index in [2.05, 4.69) is 0 Å². The highest BCUT2D eigenvalue weighted by Crippen LogP contribution is 2.15. The molecule has 0 spiro atoms. The van der Waals surface area contributed by atoms with E-state index >= 15 is 0 Å². The van der Waals surface area contributed by atoms with Gasteiger partial charge in [-0.05, 0) is 18.4 Å². The van der Waals surface area contributed by atoms with Crippen LogP contribution in [-0.2, 0) is 0 Å². The van der Waals surface area contributed by atoms with Crippen molar-refractivity contribution in [3.63, 3.8) is 0 Å². The van der Waals surface area contributed by atoms with Crippen molar-refractivity contribution in [3.05, 3.63) is 51.2 Å². The average molecular weight is 219 g/mol. The molecule has 1 aromatic carbocycles. The Morgan fingerprint density at radius 2 is 1.94 bits per heavy atom. The molecule has 16 heavy (non-hydrogen) atoms. The van der Waals surface area contributed by atoms with Crippen molar-refractivity contribution < 1.29 is 4.92 Å². The van der Waals surface area contributed by atoms with Gasteiger partial charge >= 0.3 is 0 Å². The summed E-state index contributed by atoms with van der Waals surface area (Å²) in [5.41, 5.74) is 2.32. The van der Waals surface area contributed by atoms with Crippen molar-refractivity contribution in [3.8, 4) is 0 Å². The van der Waals surface area contributed by atoms with Crippen LogP contribution in [0.15, 0.2) is 30.0 Å². The SMILES string of the molecule is Cc1ccc(C=C(CC(C)C)[N+](=O)[O-])cc1. The quantitative estimate of drug-likeness (QED) is 0.573. The molecule has 0 aromatic heterocycles. The Kier molecular flexibility index (Phi) is 4.23. The molecule has 0 saturated heterocycles. The van der Waals surface area contributed by atoms with Crippen molar-refractivity contribution in [1.29, 1.82) is 0 Å². The van der Waals surface area contributed by atoms with E-state index in [-0.39, 0.29) is 10.6 Å². The Balaban J connectivity index is 2.93. The predicted molar refractivity (Wildman–Crippen MR) is 65.6 cm³/mol. The summed E-state index contributed by atoms with van der Waals surface area (Å²) in [6.07, 6.45) is 2.15. The first kappa shape index (κ1) is 12.4. The van der Waals surface area contributed by atoms with Crippen molar-refractivity contribution in [2.24, 2.45) is 5.92 Å². The van der Waals surface area contributed by atoms with Crippen LogP contribution in [0.5, 0.6) is 0 Å². The summed E-state index contributed by atoms with van der Waals surface area (Å²) in [5, 5.41) is 10.8. The van der Waals surface area contributed by atoms with Crippen LogP contribution in [0.2, 0.25) is 0 Å². The lowest BCUT2D eigenvalue weighted by atomic mass is 10.1. The zero-order chi connectivity index (χ0) is 12.1. The summed E-state index contributed by atoms with van der Waals surface area (Å²) in [6, 6.07) is 7.72. The molecular formula is C13H17NO2. The van der Waals surface area contributed by atoms with Crippen LogP contribution in [0.4, 0.5) is 0 Å². The normalized spacial score (nSPS) is 11.9. The molecule has 0 fully saturated rings. The van der Waals surface area contributed by atoms with Gasteiger partial charge in [0.15, 0.2) is 0 Å². The monoisotopic (exact) mass is 219 g/mol. The first-order valence-electron chi connectivity index (χ1n) is 5.40. The van der Waals surface area contributed by atoms with Gasteiger partial charge in [-0.15, -0.1) is 0 Å². The van der Waals surface area contributed by atoms with Crippen LogP contribution >= 0.6 is 0 Å². The number of aryl methyl sites for hydroxylation is 1. The van der Waals surface area contributed by atoms with Gasteiger partial charge in [0, 0.05) is 12.5 Å². The molecule has 3 heteroatoms. The van der Waals surface area contributed by atoms with Crippen LogP contribution in [-0.4, -0.2) is 4.92 Å². The summed E-state index contributed by atoms with van der Waals surface area (Å²) in [5.74, 6) is 0.294. The lowest BCUT2D eigenvalue weighted by Crippen LogP contribution is -2.02. The van der Waals surface area contributed by atoms with Crippen LogP contribution in [0.25, 0.3) is 6.08 Å². The third-order valence-corrected chi connectivity index (χ3v) is 2.26. The van der Waals surface area contributed by atoms with Gasteiger partial charge in [0.25, 0.3) is 0 Å².